The SMILES string of the molecule is CCCCCc1ccc([C@H]2CC[C@H](CO[C@H]3CC[C@H](C=CC=C(F)C#N)CC3)CC2)cc1. The minimum Gasteiger partial charge on any atom is -0.378 e. The maximum Gasteiger partial charge on any atom is 0.199 e. The summed E-state index contributed by atoms with van der Waals surface area (Å²) in [5.41, 5.74) is 3.01. The van der Waals surface area contributed by atoms with Crippen molar-refractivity contribution in [1.82, 2.24) is 0 Å². The van der Waals surface area contributed by atoms with Gasteiger partial charge in [0.1, 0.15) is 6.07 Å². The quantitative estimate of drug-likeness (QED) is 0.210. The minimum atomic E-state index is -0.729. The molecule has 0 bridgehead atoms. The molecule has 2 aliphatic carbocycles. The first kappa shape index (κ1) is 24.7. The zero-order valence-corrected chi connectivity index (χ0v) is 19.8. The van der Waals surface area contributed by atoms with Crippen LogP contribution in [0.1, 0.15) is 94.6 Å². The fourth-order valence-electron chi connectivity index (χ4n) is 5.25. The van der Waals surface area contributed by atoms with Crippen LogP contribution in [0.2, 0.25) is 0 Å². The van der Waals surface area contributed by atoms with Gasteiger partial charge in [0.25, 0.3) is 0 Å². The number of benzene rings is 1. The molecule has 0 unspecified atom stereocenters. The Labute approximate surface area is 194 Å². The number of nitrogens with zero attached hydrogens (tertiary/aromatic N) is 1. The summed E-state index contributed by atoms with van der Waals surface area (Å²) >= 11 is 0. The molecule has 0 spiro atoms. The van der Waals surface area contributed by atoms with Crippen molar-refractivity contribution in [2.75, 3.05) is 6.61 Å². The molecule has 2 aliphatic rings. The molecule has 0 heterocycles. The van der Waals surface area contributed by atoms with Crippen molar-refractivity contribution in [3.05, 3.63) is 59.4 Å². The molecular formula is C29H40FNO. The molecule has 0 aromatic heterocycles. The van der Waals surface area contributed by atoms with E-state index in [1.54, 1.807) is 6.08 Å². The Morgan fingerprint density at radius 2 is 1.75 bits per heavy atom. The molecule has 0 amide bonds. The third kappa shape index (κ3) is 8.21. The standard InChI is InChI=1S/C29H40FNO/c1-2-3-4-6-23-9-15-26(16-10-23)27-17-11-25(12-18-27)22-32-29-19-13-24(14-20-29)7-5-8-28(30)21-31/h5,7-10,15-16,24-25,27,29H,2-4,6,11-14,17-20,22H2,1H3/t24-,25-,27-,29-. The number of halogens is 1. The van der Waals surface area contributed by atoms with E-state index in [1.165, 1.54) is 74.6 Å². The van der Waals surface area contributed by atoms with E-state index in [4.69, 9.17) is 10.00 Å². The van der Waals surface area contributed by atoms with Gasteiger partial charge in [0.2, 0.25) is 0 Å². The minimum absolute atomic E-state index is 0.379. The van der Waals surface area contributed by atoms with Gasteiger partial charge in [-0.25, -0.2) is 0 Å². The van der Waals surface area contributed by atoms with Gasteiger partial charge in [-0.15, -0.1) is 0 Å². The Bertz CT molecular complexity index is 759. The lowest BCUT2D eigenvalue weighted by molar-refractivity contribution is -0.00456. The maximum absolute atomic E-state index is 12.8. The van der Waals surface area contributed by atoms with Gasteiger partial charge >= 0.3 is 0 Å². The van der Waals surface area contributed by atoms with Crippen LogP contribution in [0.4, 0.5) is 4.39 Å². The fraction of sp³-hybridized carbons (Fsp3) is 0.621. The van der Waals surface area contributed by atoms with Gasteiger partial charge in [-0.3, -0.25) is 0 Å². The van der Waals surface area contributed by atoms with E-state index in [0.717, 1.165) is 38.2 Å². The summed E-state index contributed by atoms with van der Waals surface area (Å²) in [6, 6.07) is 11.0. The number of rotatable bonds is 10. The number of hydrogen-bond acceptors (Lipinski definition) is 2. The highest BCUT2D eigenvalue weighted by Crippen LogP contribution is 2.37. The van der Waals surface area contributed by atoms with E-state index in [-0.39, 0.29) is 0 Å². The molecule has 0 radical (unpaired) electrons. The molecule has 2 saturated carbocycles. The van der Waals surface area contributed by atoms with Crippen molar-refractivity contribution in [2.45, 2.75) is 96.0 Å². The number of hydrogen-bond donors (Lipinski definition) is 0. The van der Waals surface area contributed by atoms with Crippen LogP contribution in [0.25, 0.3) is 0 Å². The first-order valence-electron chi connectivity index (χ1n) is 12.8. The average molecular weight is 438 g/mol. The molecule has 0 aliphatic heterocycles. The molecule has 32 heavy (non-hydrogen) atoms. The van der Waals surface area contributed by atoms with E-state index in [9.17, 15) is 4.39 Å². The van der Waals surface area contributed by atoms with Crippen molar-refractivity contribution in [3.8, 4) is 6.07 Å². The van der Waals surface area contributed by atoms with E-state index in [0.29, 0.717) is 17.9 Å². The van der Waals surface area contributed by atoms with Gasteiger partial charge in [0.05, 0.1) is 6.10 Å². The molecule has 3 rings (SSSR count). The Balaban J connectivity index is 1.32. The third-order valence-electron chi connectivity index (χ3n) is 7.39. The first-order valence-corrected chi connectivity index (χ1v) is 12.8. The Morgan fingerprint density at radius 1 is 1.03 bits per heavy atom. The number of nitriles is 1. The molecule has 1 aromatic rings. The normalized spacial score (nSPS) is 26.8. The van der Waals surface area contributed by atoms with Crippen molar-refractivity contribution in [1.29, 1.82) is 5.26 Å². The zero-order chi connectivity index (χ0) is 22.6. The molecular weight excluding hydrogens is 397 g/mol. The predicted molar refractivity (Wildman–Crippen MR) is 130 cm³/mol. The lowest BCUT2D eigenvalue weighted by atomic mass is 9.78. The molecule has 174 valence electrons. The van der Waals surface area contributed by atoms with Crippen LogP contribution in [0, 0.1) is 23.2 Å². The van der Waals surface area contributed by atoms with Gasteiger partial charge in [-0.2, -0.15) is 9.65 Å². The number of unbranched alkanes of at least 4 members (excludes halogenated alkanes) is 2. The second-order valence-corrected chi connectivity index (χ2v) is 9.80. The van der Waals surface area contributed by atoms with Crippen LogP contribution in [-0.4, -0.2) is 12.7 Å². The largest absolute Gasteiger partial charge is 0.378 e. The summed E-state index contributed by atoms with van der Waals surface area (Å²) in [7, 11) is 0. The number of allylic oxidation sites excluding steroid dienone is 4. The van der Waals surface area contributed by atoms with Crippen LogP contribution in [0.5, 0.6) is 0 Å². The zero-order valence-electron chi connectivity index (χ0n) is 19.8. The van der Waals surface area contributed by atoms with Crippen molar-refractivity contribution >= 4 is 0 Å². The summed E-state index contributed by atoms with van der Waals surface area (Å²) in [5, 5.41) is 8.44. The highest BCUT2D eigenvalue weighted by Gasteiger charge is 2.25. The molecule has 0 N–H and O–H groups in total. The maximum atomic E-state index is 12.8. The van der Waals surface area contributed by atoms with Crippen molar-refractivity contribution in [2.24, 2.45) is 11.8 Å². The summed E-state index contributed by atoms with van der Waals surface area (Å²) < 4.78 is 19.1. The summed E-state index contributed by atoms with van der Waals surface area (Å²) in [4.78, 5) is 0. The van der Waals surface area contributed by atoms with Gasteiger partial charge in [0.15, 0.2) is 5.83 Å². The molecule has 0 saturated heterocycles. The van der Waals surface area contributed by atoms with E-state index in [2.05, 4.69) is 31.2 Å². The average Bonchev–Trinajstić information content (AvgIpc) is 2.84. The number of aryl methyl sites for hydroxylation is 1. The van der Waals surface area contributed by atoms with Crippen molar-refractivity contribution in [3.63, 3.8) is 0 Å². The molecule has 3 heteroatoms. The fourth-order valence-corrected chi connectivity index (χ4v) is 5.25. The van der Waals surface area contributed by atoms with Crippen LogP contribution in [0.15, 0.2) is 48.3 Å². The van der Waals surface area contributed by atoms with Gasteiger partial charge in [-0.05, 0) is 99.2 Å². The lowest BCUT2D eigenvalue weighted by Crippen LogP contribution is -2.25. The van der Waals surface area contributed by atoms with Crippen LogP contribution in [0.3, 0.4) is 0 Å². The molecule has 0 atom stereocenters. The predicted octanol–water partition coefficient (Wildman–Crippen LogP) is 8.20. The smallest absolute Gasteiger partial charge is 0.199 e. The highest BCUT2D eigenvalue weighted by atomic mass is 19.1. The van der Waals surface area contributed by atoms with Crippen LogP contribution >= 0.6 is 0 Å². The van der Waals surface area contributed by atoms with E-state index >= 15 is 0 Å². The van der Waals surface area contributed by atoms with E-state index in [1.807, 2.05) is 6.08 Å². The Morgan fingerprint density at radius 3 is 2.41 bits per heavy atom. The van der Waals surface area contributed by atoms with Crippen LogP contribution in [-0.2, 0) is 11.2 Å². The summed E-state index contributed by atoms with van der Waals surface area (Å²) in [5.74, 6) is 1.17. The molecule has 1 aromatic carbocycles. The first-order chi connectivity index (χ1) is 15.7. The second kappa shape index (κ2) is 13.6. The van der Waals surface area contributed by atoms with Gasteiger partial charge in [-0.1, -0.05) is 56.2 Å². The summed E-state index contributed by atoms with van der Waals surface area (Å²) in [6.45, 7) is 3.17. The summed E-state index contributed by atoms with van der Waals surface area (Å²) in [6.07, 6.45) is 19.9. The Hall–Kier alpha value is -1.92. The molecule has 2 nitrogen and oxygen atoms in total. The van der Waals surface area contributed by atoms with Gasteiger partial charge in [0, 0.05) is 6.61 Å². The van der Waals surface area contributed by atoms with Gasteiger partial charge < -0.3 is 4.74 Å². The number of ether oxygens (including phenoxy) is 1. The second-order valence-electron chi connectivity index (χ2n) is 9.80. The lowest BCUT2D eigenvalue weighted by Gasteiger charge is -2.32. The molecule has 2 fully saturated rings. The van der Waals surface area contributed by atoms with Crippen LogP contribution < -0.4 is 0 Å². The highest BCUT2D eigenvalue weighted by molar-refractivity contribution is 5.26. The third-order valence-corrected chi connectivity index (χ3v) is 7.39. The van der Waals surface area contributed by atoms with E-state index < -0.39 is 5.83 Å². The topological polar surface area (TPSA) is 33.0 Å². The monoisotopic (exact) mass is 437 g/mol. The Kier molecular flexibility index (Phi) is 10.5. The van der Waals surface area contributed by atoms with Crippen molar-refractivity contribution < 1.29 is 9.13 Å².